The molecule has 4 rings (SSSR count). The van der Waals surface area contributed by atoms with Crippen LogP contribution in [0.3, 0.4) is 0 Å². The first-order chi connectivity index (χ1) is 16.1. The lowest BCUT2D eigenvalue weighted by Gasteiger charge is -2.34. The zero-order valence-corrected chi connectivity index (χ0v) is 19.0. The van der Waals surface area contributed by atoms with E-state index in [0.29, 0.717) is 5.56 Å². The number of rotatable bonds is 5. The molecular formula is C22H22F2N4O5S. The minimum absolute atomic E-state index is 0.0618. The number of benzene rings is 2. The number of carbonyl (C=O) groups is 3. The van der Waals surface area contributed by atoms with Gasteiger partial charge in [-0.3, -0.25) is 14.5 Å². The third-order valence-corrected chi connectivity index (χ3v) is 7.98. The van der Waals surface area contributed by atoms with E-state index in [-0.39, 0.29) is 26.2 Å². The molecule has 2 aromatic carbocycles. The molecular weight excluding hydrogens is 470 g/mol. The Hall–Kier alpha value is -3.38. The van der Waals surface area contributed by atoms with Crippen LogP contribution in [0.1, 0.15) is 12.5 Å². The van der Waals surface area contributed by atoms with Crippen LogP contribution in [-0.2, 0) is 25.2 Å². The topological polar surface area (TPSA) is 107 Å². The molecule has 12 heteroatoms. The number of halogens is 2. The predicted octanol–water partition coefficient (Wildman–Crippen LogP) is 1.26. The number of carbonyl (C=O) groups excluding carboxylic acids is 3. The van der Waals surface area contributed by atoms with Gasteiger partial charge >= 0.3 is 6.03 Å². The Morgan fingerprint density at radius 1 is 0.971 bits per heavy atom. The first-order valence-corrected chi connectivity index (χ1v) is 11.9. The fourth-order valence-corrected chi connectivity index (χ4v) is 5.61. The summed E-state index contributed by atoms with van der Waals surface area (Å²) in [6.45, 7) is 0.537. The van der Waals surface area contributed by atoms with E-state index in [1.54, 1.807) is 37.3 Å². The van der Waals surface area contributed by atoms with Crippen LogP contribution in [-0.4, -0.2) is 73.1 Å². The lowest BCUT2D eigenvalue weighted by atomic mass is 9.92. The van der Waals surface area contributed by atoms with Gasteiger partial charge in [-0.2, -0.15) is 4.31 Å². The first-order valence-electron chi connectivity index (χ1n) is 10.5. The van der Waals surface area contributed by atoms with Gasteiger partial charge in [0.2, 0.25) is 15.9 Å². The second-order valence-electron chi connectivity index (χ2n) is 8.15. The lowest BCUT2D eigenvalue weighted by molar-refractivity contribution is -0.139. The molecule has 9 nitrogen and oxygen atoms in total. The van der Waals surface area contributed by atoms with Gasteiger partial charge in [-0.25, -0.2) is 22.0 Å². The van der Waals surface area contributed by atoms with E-state index in [1.165, 1.54) is 4.90 Å². The average molecular weight is 493 g/mol. The molecule has 34 heavy (non-hydrogen) atoms. The van der Waals surface area contributed by atoms with Gasteiger partial charge < -0.3 is 10.2 Å². The molecule has 0 unspecified atom stereocenters. The van der Waals surface area contributed by atoms with Crippen LogP contribution in [0.15, 0.2) is 53.4 Å². The number of hydrogen-bond donors (Lipinski definition) is 1. The minimum Gasteiger partial charge on any atom is -0.338 e. The van der Waals surface area contributed by atoms with Crippen molar-refractivity contribution in [2.75, 3.05) is 32.7 Å². The molecule has 2 aliphatic rings. The molecule has 0 saturated carbocycles. The SMILES string of the molecule is C[C@]1(c2ccccc2)NC(=O)N(CC(=O)N2CCN(S(=O)(=O)c3c(F)cccc3F)CC2)C1=O. The summed E-state index contributed by atoms with van der Waals surface area (Å²) in [4.78, 5) is 39.3. The fourth-order valence-electron chi connectivity index (χ4n) is 4.08. The number of sulfonamides is 1. The number of nitrogens with one attached hydrogen (secondary N) is 1. The van der Waals surface area contributed by atoms with Crippen LogP contribution in [0.2, 0.25) is 0 Å². The van der Waals surface area contributed by atoms with E-state index >= 15 is 0 Å². The van der Waals surface area contributed by atoms with Gasteiger partial charge in [0.1, 0.15) is 23.7 Å². The quantitative estimate of drug-likeness (QED) is 0.633. The Balaban J connectivity index is 1.42. The number of amides is 4. The molecule has 1 N–H and O–H groups in total. The highest BCUT2D eigenvalue weighted by atomic mass is 32.2. The van der Waals surface area contributed by atoms with Gasteiger partial charge in [-0.05, 0) is 24.6 Å². The number of urea groups is 1. The van der Waals surface area contributed by atoms with Crippen molar-refractivity contribution in [1.82, 2.24) is 19.4 Å². The summed E-state index contributed by atoms with van der Waals surface area (Å²) in [7, 11) is -4.44. The maximum Gasteiger partial charge on any atom is 0.325 e. The standard InChI is InChI=1S/C22H22F2N4O5S/c1-22(15-6-3-2-4-7-15)20(30)28(21(31)25-22)14-18(29)26-10-12-27(13-11-26)34(32,33)19-16(23)8-5-9-17(19)24/h2-9H,10-14H2,1H3,(H,25,31)/t22-/m1/s1. The Labute approximate surface area is 195 Å². The highest BCUT2D eigenvalue weighted by Crippen LogP contribution is 2.29. The Morgan fingerprint density at radius 3 is 2.15 bits per heavy atom. The molecule has 0 bridgehead atoms. The first kappa shape index (κ1) is 23.8. The molecule has 2 aromatic rings. The molecule has 2 saturated heterocycles. The van der Waals surface area contributed by atoms with Gasteiger partial charge in [-0.15, -0.1) is 0 Å². The summed E-state index contributed by atoms with van der Waals surface area (Å²) in [5.74, 6) is -3.51. The van der Waals surface area contributed by atoms with E-state index in [2.05, 4.69) is 5.32 Å². The zero-order valence-electron chi connectivity index (χ0n) is 18.2. The van der Waals surface area contributed by atoms with E-state index in [0.717, 1.165) is 27.4 Å². The van der Waals surface area contributed by atoms with Crippen LogP contribution in [0.5, 0.6) is 0 Å². The summed E-state index contributed by atoms with van der Waals surface area (Å²) in [5.41, 5.74) is -0.739. The number of hydrogen-bond acceptors (Lipinski definition) is 5. The fraction of sp³-hybridized carbons (Fsp3) is 0.318. The number of imide groups is 1. The van der Waals surface area contributed by atoms with Crippen molar-refractivity contribution >= 4 is 27.9 Å². The van der Waals surface area contributed by atoms with Crippen molar-refractivity contribution in [1.29, 1.82) is 0 Å². The highest BCUT2D eigenvalue weighted by molar-refractivity contribution is 7.89. The molecule has 0 aliphatic carbocycles. The van der Waals surface area contributed by atoms with E-state index in [9.17, 15) is 31.6 Å². The van der Waals surface area contributed by atoms with Crippen LogP contribution in [0.4, 0.5) is 13.6 Å². The molecule has 0 radical (unpaired) electrons. The van der Waals surface area contributed by atoms with Gasteiger partial charge in [0.25, 0.3) is 5.91 Å². The molecule has 0 spiro atoms. The molecule has 2 aliphatic heterocycles. The minimum atomic E-state index is -4.44. The molecule has 180 valence electrons. The van der Waals surface area contributed by atoms with Crippen molar-refractivity contribution in [3.8, 4) is 0 Å². The summed E-state index contributed by atoms with van der Waals surface area (Å²) in [6, 6.07) is 10.7. The molecule has 1 atom stereocenters. The summed E-state index contributed by atoms with van der Waals surface area (Å²) in [6.07, 6.45) is 0. The van der Waals surface area contributed by atoms with Crippen LogP contribution in [0, 0.1) is 11.6 Å². The Bertz CT molecular complexity index is 1230. The molecule has 2 heterocycles. The maximum atomic E-state index is 14.0. The Kier molecular flexibility index (Phi) is 6.13. The lowest BCUT2D eigenvalue weighted by Crippen LogP contribution is -2.53. The van der Waals surface area contributed by atoms with Gasteiger partial charge in [-0.1, -0.05) is 36.4 Å². The zero-order chi connectivity index (χ0) is 24.7. The van der Waals surface area contributed by atoms with Crippen molar-refractivity contribution in [2.24, 2.45) is 0 Å². The van der Waals surface area contributed by atoms with Crippen molar-refractivity contribution < 1.29 is 31.6 Å². The van der Waals surface area contributed by atoms with Gasteiger partial charge in [0, 0.05) is 26.2 Å². The van der Waals surface area contributed by atoms with Crippen molar-refractivity contribution in [3.63, 3.8) is 0 Å². The van der Waals surface area contributed by atoms with E-state index in [4.69, 9.17) is 0 Å². The Morgan fingerprint density at radius 2 is 1.56 bits per heavy atom. The smallest absolute Gasteiger partial charge is 0.325 e. The molecule has 0 aromatic heterocycles. The molecule has 4 amide bonds. The average Bonchev–Trinajstić information content (AvgIpc) is 3.03. The largest absolute Gasteiger partial charge is 0.338 e. The van der Waals surface area contributed by atoms with Crippen LogP contribution < -0.4 is 5.32 Å². The monoisotopic (exact) mass is 492 g/mol. The second kappa shape index (κ2) is 8.76. The van der Waals surface area contributed by atoms with Gasteiger partial charge in [0.05, 0.1) is 0 Å². The number of nitrogens with zero attached hydrogens (tertiary/aromatic N) is 3. The number of piperazine rings is 1. The van der Waals surface area contributed by atoms with E-state index < -0.39 is 56.5 Å². The normalized spacial score (nSPS) is 21.6. The van der Waals surface area contributed by atoms with Gasteiger partial charge in [0.15, 0.2) is 4.90 Å². The predicted molar refractivity (Wildman–Crippen MR) is 116 cm³/mol. The summed E-state index contributed by atoms with van der Waals surface area (Å²) >= 11 is 0. The van der Waals surface area contributed by atoms with Crippen LogP contribution >= 0.6 is 0 Å². The van der Waals surface area contributed by atoms with Crippen molar-refractivity contribution in [3.05, 3.63) is 65.7 Å². The molecule has 2 fully saturated rings. The van der Waals surface area contributed by atoms with E-state index in [1.807, 2.05) is 0 Å². The van der Waals surface area contributed by atoms with Crippen LogP contribution in [0.25, 0.3) is 0 Å². The summed E-state index contributed by atoms with van der Waals surface area (Å²) in [5, 5.41) is 2.62. The maximum absolute atomic E-state index is 14.0. The third kappa shape index (κ3) is 4.03. The van der Waals surface area contributed by atoms with Crippen molar-refractivity contribution in [2.45, 2.75) is 17.4 Å². The highest BCUT2D eigenvalue weighted by Gasteiger charge is 2.49. The summed E-state index contributed by atoms with van der Waals surface area (Å²) < 4.78 is 54.3. The second-order valence-corrected chi connectivity index (χ2v) is 10.0. The third-order valence-electron chi connectivity index (χ3n) is 6.03.